The lowest BCUT2D eigenvalue weighted by molar-refractivity contribution is 0.245. The number of hydrogen-bond acceptors (Lipinski definition) is 3. The van der Waals surface area contributed by atoms with Gasteiger partial charge in [-0.1, -0.05) is 12.0 Å². The van der Waals surface area contributed by atoms with E-state index in [4.69, 9.17) is 6.42 Å². The highest BCUT2D eigenvalue weighted by Crippen LogP contribution is 2.36. The van der Waals surface area contributed by atoms with Gasteiger partial charge in [-0.05, 0) is 37.9 Å². The molecule has 1 aliphatic carbocycles. The Morgan fingerprint density at radius 2 is 2.24 bits per heavy atom. The number of terminal acetylenes is 1. The van der Waals surface area contributed by atoms with Crippen LogP contribution in [0.15, 0.2) is 12.1 Å². The minimum atomic E-state index is -0.0285. The van der Waals surface area contributed by atoms with Crippen molar-refractivity contribution in [3.63, 3.8) is 0 Å². The van der Waals surface area contributed by atoms with E-state index in [0.29, 0.717) is 12.6 Å². The van der Waals surface area contributed by atoms with E-state index in [9.17, 15) is 10.2 Å². The number of phenolic OH excluding ortho intramolecular Hbond substituents is 2. The summed E-state index contributed by atoms with van der Waals surface area (Å²) in [6, 6.07) is 3.86. The van der Waals surface area contributed by atoms with Gasteiger partial charge in [0.15, 0.2) is 11.5 Å². The molecular weight excluding hydrogens is 214 g/mol. The van der Waals surface area contributed by atoms with Gasteiger partial charge in [-0.25, -0.2) is 0 Å². The van der Waals surface area contributed by atoms with Crippen LogP contribution in [-0.2, 0) is 12.8 Å². The zero-order valence-electron chi connectivity index (χ0n) is 9.98. The maximum Gasteiger partial charge on any atom is 0.160 e. The van der Waals surface area contributed by atoms with Gasteiger partial charge in [-0.15, -0.1) is 6.42 Å². The molecule has 90 valence electrons. The Hall–Kier alpha value is -1.66. The molecule has 17 heavy (non-hydrogen) atoms. The van der Waals surface area contributed by atoms with Crippen LogP contribution in [0.4, 0.5) is 0 Å². The molecule has 2 rings (SSSR count). The Kier molecular flexibility index (Phi) is 3.26. The summed E-state index contributed by atoms with van der Waals surface area (Å²) >= 11 is 0. The lowest BCUT2D eigenvalue weighted by Gasteiger charge is -2.31. The number of nitrogens with zero attached hydrogens (tertiary/aromatic N) is 1. The van der Waals surface area contributed by atoms with Gasteiger partial charge in [0.25, 0.3) is 0 Å². The van der Waals surface area contributed by atoms with Gasteiger partial charge >= 0.3 is 0 Å². The van der Waals surface area contributed by atoms with Crippen LogP contribution in [0.5, 0.6) is 11.5 Å². The van der Waals surface area contributed by atoms with E-state index < -0.39 is 0 Å². The first-order chi connectivity index (χ1) is 8.13. The van der Waals surface area contributed by atoms with Crippen molar-refractivity contribution in [1.29, 1.82) is 0 Å². The summed E-state index contributed by atoms with van der Waals surface area (Å²) in [6.07, 6.45) is 7.93. The van der Waals surface area contributed by atoms with Crippen LogP contribution in [0.2, 0.25) is 0 Å². The van der Waals surface area contributed by atoms with E-state index in [1.54, 1.807) is 6.07 Å². The quantitative estimate of drug-likeness (QED) is 0.599. The molecule has 3 nitrogen and oxygen atoms in total. The molecule has 1 aliphatic rings. The fourth-order valence-electron chi connectivity index (χ4n) is 2.45. The normalized spacial score (nSPS) is 18.8. The zero-order chi connectivity index (χ0) is 12.4. The summed E-state index contributed by atoms with van der Waals surface area (Å²) in [5.74, 6) is 2.66. The van der Waals surface area contributed by atoms with Gasteiger partial charge in [-0.2, -0.15) is 0 Å². The number of likely N-dealkylation sites (N-methyl/N-ethyl adjacent to an activating group) is 1. The Morgan fingerprint density at radius 3 is 2.94 bits per heavy atom. The third-order valence-electron chi connectivity index (χ3n) is 3.51. The molecule has 0 spiro atoms. The number of hydrogen-bond donors (Lipinski definition) is 2. The Bertz CT molecular complexity index is 462. The van der Waals surface area contributed by atoms with Crippen molar-refractivity contribution in [2.45, 2.75) is 25.3 Å². The van der Waals surface area contributed by atoms with Gasteiger partial charge in [0, 0.05) is 11.6 Å². The summed E-state index contributed by atoms with van der Waals surface area (Å²) in [5.41, 5.74) is 2.00. The minimum absolute atomic E-state index is 0.0285. The molecule has 0 heterocycles. The molecule has 0 amide bonds. The second-order valence-electron chi connectivity index (χ2n) is 4.59. The topological polar surface area (TPSA) is 43.7 Å². The first-order valence-corrected chi connectivity index (χ1v) is 5.80. The number of aromatic hydroxyl groups is 2. The molecule has 0 saturated heterocycles. The van der Waals surface area contributed by atoms with Crippen LogP contribution in [0.3, 0.4) is 0 Å². The number of phenols is 2. The third-order valence-corrected chi connectivity index (χ3v) is 3.51. The summed E-state index contributed by atoms with van der Waals surface area (Å²) in [6.45, 7) is 0.643. The molecule has 3 heteroatoms. The Morgan fingerprint density at radius 1 is 1.47 bits per heavy atom. The molecule has 1 aromatic carbocycles. The van der Waals surface area contributed by atoms with Gasteiger partial charge in [0.05, 0.1) is 6.54 Å². The van der Waals surface area contributed by atoms with E-state index in [2.05, 4.69) is 10.8 Å². The average Bonchev–Trinajstić information content (AvgIpc) is 2.34. The van der Waals surface area contributed by atoms with Crippen molar-refractivity contribution >= 4 is 0 Å². The second-order valence-corrected chi connectivity index (χ2v) is 4.59. The van der Waals surface area contributed by atoms with E-state index in [1.807, 2.05) is 13.1 Å². The second kappa shape index (κ2) is 4.68. The van der Waals surface area contributed by atoms with Crippen LogP contribution in [-0.4, -0.2) is 34.7 Å². The van der Waals surface area contributed by atoms with Crippen molar-refractivity contribution in [2.24, 2.45) is 0 Å². The number of fused-ring (bicyclic) bond motifs is 1. The molecule has 1 aromatic rings. The maximum atomic E-state index is 9.78. The van der Waals surface area contributed by atoms with Crippen LogP contribution < -0.4 is 0 Å². The lowest BCUT2D eigenvalue weighted by atomic mass is 9.87. The molecular formula is C14H17NO2. The summed E-state index contributed by atoms with van der Waals surface area (Å²) in [5, 5.41) is 19.2. The van der Waals surface area contributed by atoms with Crippen molar-refractivity contribution in [3.05, 3.63) is 23.3 Å². The third kappa shape index (κ3) is 2.22. The molecule has 0 fully saturated rings. The fourth-order valence-corrected chi connectivity index (χ4v) is 2.45. The molecule has 0 bridgehead atoms. The van der Waals surface area contributed by atoms with Crippen molar-refractivity contribution in [1.82, 2.24) is 4.90 Å². The van der Waals surface area contributed by atoms with Gasteiger partial charge in [0.1, 0.15) is 0 Å². The Balaban J connectivity index is 2.20. The van der Waals surface area contributed by atoms with E-state index >= 15 is 0 Å². The number of benzene rings is 1. The molecule has 1 atom stereocenters. The van der Waals surface area contributed by atoms with Gasteiger partial charge in [-0.3, -0.25) is 4.90 Å². The summed E-state index contributed by atoms with van der Waals surface area (Å²) < 4.78 is 0. The SMILES string of the molecule is C#CCN(C)C1CCc2c(ccc(O)c2O)C1. The largest absolute Gasteiger partial charge is 0.504 e. The minimum Gasteiger partial charge on any atom is -0.504 e. The predicted molar refractivity (Wildman–Crippen MR) is 67.0 cm³/mol. The van der Waals surface area contributed by atoms with E-state index in [-0.39, 0.29) is 11.5 Å². The van der Waals surface area contributed by atoms with Gasteiger partial charge in [0.2, 0.25) is 0 Å². The standard InChI is InChI=1S/C14H17NO2/c1-3-8-15(2)11-5-6-12-10(9-11)4-7-13(16)14(12)17/h1,4,7,11,16-17H,5-6,8-9H2,2H3. The van der Waals surface area contributed by atoms with Gasteiger partial charge < -0.3 is 10.2 Å². The first kappa shape index (κ1) is 11.8. The van der Waals surface area contributed by atoms with Crippen LogP contribution in [0, 0.1) is 12.3 Å². The van der Waals surface area contributed by atoms with Crippen molar-refractivity contribution in [3.8, 4) is 23.8 Å². The molecule has 1 unspecified atom stereocenters. The summed E-state index contributed by atoms with van der Waals surface area (Å²) in [7, 11) is 2.02. The highest BCUT2D eigenvalue weighted by atomic mass is 16.3. The predicted octanol–water partition coefficient (Wildman–Crippen LogP) is 1.52. The fraction of sp³-hybridized carbons (Fsp3) is 0.429. The highest BCUT2D eigenvalue weighted by Gasteiger charge is 2.24. The Labute approximate surface area is 102 Å². The smallest absolute Gasteiger partial charge is 0.160 e. The van der Waals surface area contributed by atoms with Crippen LogP contribution in [0.25, 0.3) is 0 Å². The van der Waals surface area contributed by atoms with Crippen molar-refractivity contribution in [2.75, 3.05) is 13.6 Å². The molecule has 0 aliphatic heterocycles. The maximum absolute atomic E-state index is 9.78. The number of rotatable bonds is 2. The van der Waals surface area contributed by atoms with E-state index in [0.717, 1.165) is 30.4 Å². The monoisotopic (exact) mass is 231 g/mol. The highest BCUT2D eigenvalue weighted by molar-refractivity contribution is 5.50. The molecule has 0 aromatic heterocycles. The summed E-state index contributed by atoms with van der Waals surface area (Å²) in [4.78, 5) is 2.16. The lowest BCUT2D eigenvalue weighted by Crippen LogP contribution is -2.36. The first-order valence-electron chi connectivity index (χ1n) is 5.80. The van der Waals surface area contributed by atoms with Crippen molar-refractivity contribution < 1.29 is 10.2 Å². The van der Waals surface area contributed by atoms with Crippen LogP contribution in [0.1, 0.15) is 17.5 Å². The molecule has 2 N–H and O–H groups in total. The zero-order valence-corrected chi connectivity index (χ0v) is 9.98. The molecule has 0 radical (unpaired) electrons. The van der Waals surface area contributed by atoms with E-state index in [1.165, 1.54) is 0 Å². The molecule has 0 saturated carbocycles. The average molecular weight is 231 g/mol. The van der Waals surface area contributed by atoms with Crippen LogP contribution >= 0.6 is 0 Å².